The number of carbonyl (C=O) groups excluding carboxylic acids is 2. The van der Waals surface area contributed by atoms with E-state index in [1.165, 1.54) is 12.0 Å². The van der Waals surface area contributed by atoms with Gasteiger partial charge in [-0.3, -0.25) is 0 Å². The molecule has 1 aromatic carbocycles. The van der Waals surface area contributed by atoms with Crippen LogP contribution in [-0.4, -0.2) is 36.6 Å². The number of likely N-dealkylation sites (tertiary alicyclic amines) is 1. The fourth-order valence-electron chi connectivity index (χ4n) is 2.38. The molecule has 2 rings (SSSR count). The first-order valence-corrected chi connectivity index (χ1v) is 6.81. The maximum absolute atomic E-state index is 12.3. The Balaban J connectivity index is 2.06. The van der Waals surface area contributed by atoms with Crippen LogP contribution in [0, 0.1) is 11.3 Å². The molecule has 1 atom stereocenters. The molecule has 1 aromatic rings. The molecule has 1 saturated heterocycles. The van der Waals surface area contributed by atoms with E-state index in [1.54, 1.807) is 24.3 Å². The summed E-state index contributed by atoms with van der Waals surface area (Å²) in [6, 6.07) is 7.74. The number of nitrogens with zero attached hydrogens (tertiary/aromatic N) is 2. The molecule has 1 heterocycles. The molecule has 1 aliphatic rings. The fraction of sp³-hybridized carbons (Fsp3) is 0.400. The standard InChI is InChI=1S/C15H17N3O3/c1-21-14(19)13-4-2-3-9-18(13)15(20)17-12-7-5-11(10-16)6-8-12/h5-8,13H,2-4,9H2,1H3,(H,17,20)/t13-/m1/s1. The number of nitriles is 1. The number of methoxy groups -OCH3 is 1. The van der Waals surface area contributed by atoms with Crippen LogP contribution in [-0.2, 0) is 9.53 Å². The molecule has 0 aliphatic carbocycles. The monoisotopic (exact) mass is 287 g/mol. The van der Waals surface area contributed by atoms with E-state index in [-0.39, 0.29) is 12.0 Å². The Hall–Kier alpha value is -2.55. The first-order chi connectivity index (χ1) is 10.2. The maximum Gasteiger partial charge on any atom is 0.328 e. The van der Waals surface area contributed by atoms with Crippen molar-refractivity contribution in [2.45, 2.75) is 25.3 Å². The van der Waals surface area contributed by atoms with Gasteiger partial charge in [-0.1, -0.05) is 0 Å². The van der Waals surface area contributed by atoms with Crippen molar-refractivity contribution in [1.29, 1.82) is 5.26 Å². The Bertz CT molecular complexity index is 563. The van der Waals surface area contributed by atoms with Gasteiger partial charge in [0.1, 0.15) is 6.04 Å². The van der Waals surface area contributed by atoms with Gasteiger partial charge in [-0.2, -0.15) is 5.26 Å². The van der Waals surface area contributed by atoms with E-state index in [2.05, 4.69) is 5.32 Å². The van der Waals surface area contributed by atoms with E-state index in [9.17, 15) is 9.59 Å². The lowest BCUT2D eigenvalue weighted by molar-refractivity contribution is -0.146. The van der Waals surface area contributed by atoms with E-state index < -0.39 is 6.04 Å². The molecule has 110 valence electrons. The highest BCUT2D eigenvalue weighted by atomic mass is 16.5. The van der Waals surface area contributed by atoms with Crippen molar-refractivity contribution in [2.24, 2.45) is 0 Å². The van der Waals surface area contributed by atoms with Crippen molar-refractivity contribution < 1.29 is 14.3 Å². The van der Waals surface area contributed by atoms with Crippen LogP contribution in [0.3, 0.4) is 0 Å². The van der Waals surface area contributed by atoms with Gasteiger partial charge in [-0.15, -0.1) is 0 Å². The largest absolute Gasteiger partial charge is 0.467 e. The second kappa shape index (κ2) is 6.75. The maximum atomic E-state index is 12.3. The Morgan fingerprint density at radius 1 is 1.33 bits per heavy atom. The molecule has 21 heavy (non-hydrogen) atoms. The highest BCUT2D eigenvalue weighted by Crippen LogP contribution is 2.19. The van der Waals surface area contributed by atoms with E-state index >= 15 is 0 Å². The molecule has 0 unspecified atom stereocenters. The summed E-state index contributed by atoms with van der Waals surface area (Å²) in [5.41, 5.74) is 1.12. The number of rotatable bonds is 2. The van der Waals surface area contributed by atoms with Crippen LogP contribution in [0.4, 0.5) is 10.5 Å². The zero-order chi connectivity index (χ0) is 15.2. The summed E-state index contributed by atoms with van der Waals surface area (Å²) in [5.74, 6) is -0.385. The van der Waals surface area contributed by atoms with E-state index in [4.69, 9.17) is 10.00 Å². The Kier molecular flexibility index (Phi) is 4.77. The number of esters is 1. The lowest BCUT2D eigenvalue weighted by Crippen LogP contribution is -2.50. The number of piperidine rings is 1. The van der Waals surface area contributed by atoms with Crippen LogP contribution < -0.4 is 5.32 Å². The molecule has 1 N–H and O–H groups in total. The van der Waals surface area contributed by atoms with E-state index in [0.717, 1.165) is 12.8 Å². The first-order valence-electron chi connectivity index (χ1n) is 6.81. The average molecular weight is 287 g/mol. The third kappa shape index (κ3) is 3.51. The molecule has 2 amide bonds. The number of carbonyl (C=O) groups is 2. The number of amides is 2. The van der Waals surface area contributed by atoms with Gasteiger partial charge in [0.25, 0.3) is 0 Å². The number of urea groups is 1. The van der Waals surface area contributed by atoms with E-state index in [0.29, 0.717) is 24.2 Å². The predicted molar refractivity (Wildman–Crippen MR) is 76.5 cm³/mol. The van der Waals surface area contributed by atoms with Gasteiger partial charge in [0.2, 0.25) is 0 Å². The molecule has 0 bridgehead atoms. The summed E-state index contributed by atoms with van der Waals surface area (Å²) < 4.78 is 4.75. The van der Waals surface area contributed by atoms with Gasteiger partial charge >= 0.3 is 12.0 Å². The summed E-state index contributed by atoms with van der Waals surface area (Å²) in [6.07, 6.45) is 2.39. The third-order valence-corrected chi connectivity index (χ3v) is 3.50. The summed E-state index contributed by atoms with van der Waals surface area (Å²) >= 11 is 0. The number of hydrogen-bond donors (Lipinski definition) is 1. The second-order valence-electron chi connectivity index (χ2n) is 4.85. The molecular weight excluding hydrogens is 270 g/mol. The van der Waals surface area contributed by atoms with Gasteiger partial charge in [0, 0.05) is 12.2 Å². The molecule has 6 nitrogen and oxygen atoms in total. The Morgan fingerprint density at radius 2 is 2.05 bits per heavy atom. The normalized spacial score (nSPS) is 17.7. The molecule has 0 radical (unpaired) electrons. The van der Waals surface area contributed by atoms with Crippen LogP contribution in [0.2, 0.25) is 0 Å². The van der Waals surface area contributed by atoms with Crippen LogP contribution in [0.15, 0.2) is 24.3 Å². The zero-order valence-corrected chi connectivity index (χ0v) is 11.8. The van der Waals surface area contributed by atoms with Crippen molar-refractivity contribution in [3.05, 3.63) is 29.8 Å². The SMILES string of the molecule is COC(=O)[C@H]1CCCCN1C(=O)Nc1ccc(C#N)cc1. The first kappa shape index (κ1) is 14.9. The number of nitrogens with one attached hydrogen (secondary N) is 1. The molecule has 1 aliphatic heterocycles. The molecule has 1 fully saturated rings. The minimum atomic E-state index is -0.526. The highest BCUT2D eigenvalue weighted by molar-refractivity contribution is 5.92. The zero-order valence-electron chi connectivity index (χ0n) is 11.8. The Morgan fingerprint density at radius 3 is 2.67 bits per heavy atom. The minimum absolute atomic E-state index is 0.324. The van der Waals surface area contributed by atoms with E-state index in [1.807, 2.05) is 6.07 Å². The van der Waals surface area contributed by atoms with Gasteiger partial charge in [0.15, 0.2) is 0 Å². The van der Waals surface area contributed by atoms with Crippen LogP contribution >= 0.6 is 0 Å². The molecule has 0 saturated carbocycles. The summed E-state index contributed by atoms with van der Waals surface area (Å²) in [5, 5.41) is 11.5. The fourth-order valence-corrected chi connectivity index (χ4v) is 2.38. The summed E-state index contributed by atoms with van der Waals surface area (Å²) in [7, 11) is 1.33. The number of ether oxygens (including phenoxy) is 1. The van der Waals surface area contributed by atoms with Crippen molar-refractivity contribution >= 4 is 17.7 Å². The smallest absolute Gasteiger partial charge is 0.328 e. The molecule has 0 spiro atoms. The third-order valence-electron chi connectivity index (χ3n) is 3.50. The quantitative estimate of drug-likeness (QED) is 0.845. The van der Waals surface area contributed by atoms with Gasteiger partial charge < -0.3 is 15.0 Å². The highest BCUT2D eigenvalue weighted by Gasteiger charge is 2.32. The average Bonchev–Trinajstić information content (AvgIpc) is 2.54. The van der Waals surface area contributed by atoms with Crippen LogP contribution in [0.5, 0.6) is 0 Å². The Labute approximate surface area is 123 Å². The summed E-state index contributed by atoms with van der Waals surface area (Å²) in [4.78, 5) is 25.5. The predicted octanol–water partition coefficient (Wildman–Crippen LogP) is 2.12. The number of anilines is 1. The van der Waals surface area contributed by atoms with Crippen molar-refractivity contribution in [3.8, 4) is 6.07 Å². The molecular formula is C15H17N3O3. The van der Waals surface area contributed by atoms with Gasteiger partial charge in [-0.25, -0.2) is 9.59 Å². The lowest BCUT2D eigenvalue weighted by atomic mass is 10.0. The topological polar surface area (TPSA) is 82.4 Å². The summed E-state index contributed by atoms with van der Waals surface area (Å²) in [6.45, 7) is 0.530. The number of benzene rings is 1. The van der Waals surface area contributed by atoms with Crippen LogP contribution in [0.25, 0.3) is 0 Å². The number of hydrogen-bond acceptors (Lipinski definition) is 4. The van der Waals surface area contributed by atoms with Crippen molar-refractivity contribution in [2.75, 3.05) is 19.0 Å². The minimum Gasteiger partial charge on any atom is -0.467 e. The van der Waals surface area contributed by atoms with Gasteiger partial charge in [0.05, 0.1) is 18.7 Å². The molecule has 0 aromatic heterocycles. The van der Waals surface area contributed by atoms with Crippen molar-refractivity contribution in [3.63, 3.8) is 0 Å². The lowest BCUT2D eigenvalue weighted by Gasteiger charge is -2.33. The van der Waals surface area contributed by atoms with Crippen molar-refractivity contribution in [1.82, 2.24) is 4.90 Å². The molecule has 6 heteroatoms. The van der Waals surface area contributed by atoms with Crippen LogP contribution in [0.1, 0.15) is 24.8 Å². The van der Waals surface area contributed by atoms with Gasteiger partial charge in [-0.05, 0) is 43.5 Å². The second-order valence-corrected chi connectivity index (χ2v) is 4.85.